The van der Waals surface area contributed by atoms with Gasteiger partial charge in [0.1, 0.15) is 0 Å². The van der Waals surface area contributed by atoms with Gasteiger partial charge >= 0.3 is 0 Å². The van der Waals surface area contributed by atoms with E-state index in [1.54, 1.807) is 12.6 Å². The highest BCUT2D eigenvalue weighted by Gasteiger charge is 2.05. The van der Waals surface area contributed by atoms with E-state index in [1.165, 1.54) is 0 Å². The smallest absolute Gasteiger partial charge is 0.213 e. The Bertz CT molecular complexity index is 133. The number of hydroxylamine groups is 1. The molecule has 72 valence electrons. The van der Waals surface area contributed by atoms with Gasteiger partial charge in [0.15, 0.2) is 0 Å². The fraction of sp³-hybridized carbons (Fsp3) is 0.857. The van der Waals surface area contributed by atoms with Crippen LogP contribution >= 0.6 is 0 Å². The third-order valence-electron chi connectivity index (χ3n) is 1.42. The van der Waals surface area contributed by atoms with Gasteiger partial charge in [-0.15, -0.1) is 0 Å². The second-order valence-corrected chi connectivity index (χ2v) is 2.52. The van der Waals surface area contributed by atoms with Crippen molar-refractivity contribution in [3.05, 3.63) is 0 Å². The summed E-state index contributed by atoms with van der Waals surface area (Å²) in [7, 11) is 1.61. The van der Waals surface area contributed by atoms with Gasteiger partial charge < -0.3 is 10.5 Å². The lowest BCUT2D eigenvalue weighted by molar-refractivity contribution is 0.175. The van der Waals surface area contributed by atoms with Gasteiger partial charge in [0, 0.05) is 7.11 Å². The summed E-state index contributed by atoms with van der Waals surface area (Å²) < 4.78 is 4.93. The highest BCUT2D eigenvalue weighted by Crippen LogP contribution is 2.01. The molecule has 0 aliphatic carbocycles. The van der Waals surface area contributed by atoms with Crippen molar-refractivity contribution in [3.63, 3.8) is 0 Å². The molecule has 0 spiro atoms. The highest BCUT2D eigenvalue weighted by molar-refractivity contribution is 5.76. The van der Waals surface area contributed by atoms with Gasteiger partial charge in [-0.05, 0) is 6.42 Å². The summed E-state index contributed by atoms with van der Waals surface area (Å²) in [6.07, 6.45) is 1.91. The molecule has 0 radical (unpaired) electrons. The van der Waals surface area contributed by atoms with Crippen LogP contribution in [0.2, 0.25) is 0 Å². The van der Waals surface area contributed by atoms with Crippen LogP contribution in [0.25, 0.3) is 0 Å². The van der Waals surface area contributed by atoms with Gasteiger partial charge in [0.2, 0.25) is 5.96 Å². The van der Waals surface area contributed by atoms with Crippen molar-refractivity contribution < 1.29 is 9.94 Å². The van der Waals surface area contributed by atoms with E-state index >= 15 is 0 Å². The molecule has 0 bridgehead atoms. The summed E-state index contributed by atoms with van der Waals surface area (Å²) in [5.41, 5.74) is 7.05. The summed E-state index contributed by atoms with van der Waals surface area (Å²) in [4.78, 5) is 3.98. The highest BCUT2D eigenvalue weighted by atomic mass is 16.5. The topological polar surface area (TPSA) is 79.9 Å². The predicted octanol–water partition coefficient (Wildman–Crippen LogP) is 0.0950. The summed E-state index contributed by atoms with van der Waals surface area (Å²) in [5, 5.41) is 8.37. The second kappa shape index (κ2) is 6.87. The molecule has 0 heterocycles. The minimum Gasteiger partial charge on any atom is -0.382 e. The predicted molar refractivity (Wildman–Crippen MR) is 47.1 cm³/mol. The number of methoxy groups -OCH3 is 1. The fourth-order valence-electron chi connectivity index (χ4n) is 0.936. The molecule has 0 aromatic carbocycles. The number of hydrogen-bond donors (Lipinski definition) is 3. The molecule has 4 N–H and O–H groups in total. The van der Waals surface area contributed by atoms with Gasteiger partial charge in [0.05, 0.1) is 12.6 Å². The van der Waals surface area contributed by atoms with Crippen molar-refractivity contribution >= 4 is 5.96 Å². The number of nitrogens with one attached hydrogen (secondary N) is 1. The first-order valence-corrected chi connectivity index (χ1v) is 3.96. The second-order valence-electron chi connectivity index (χ2n) is 2.52. The molecule has 0 fully saturated rings. The van der Waals surface area contributed by atoms with Crippen LogP contribution in [0, 0.1) is 0 Å². The van der Waals surface area contributed by atoms with Crippen LogP contribution < -0.4 is 11.2 Å². The number of nitrogens with zero attached hydrogens (tertiary/aromatic N) is 1. The molecule has 0 aromatic heterocycles. The van der Waals surface area contributed by atoms with Crippen LogP contribution in [-0.2, 0) is 4.74 Å². The molecule has 0 saturated heterocycles. The molecule has 5 heteroatoms. The molecule has 1 atom stereocenters. The van der Waals surface area contributed by atoms with Crippen molar-refractivity contribution in [2.45, 2.75) is 25.8 Å². The number of aliphatic imine (C=N–C) groups is 1. The zero-order valence-corrected chi connectivity index (χ0v) is 7.58. The Morgan fingerprint density at radius 1 is 1.75 bits per heavy atom. The molecule has 0 rings (SSSR count). The van der Waals surface area contributed by atoms with Crippen molar-refractivity contribution in [2.24, 2.45) is 10.7 Å². The average Bonchev–Trinajstić information content (AvgIpc) is 2.05. The molecule has 5 nitrogen and oxygen atoms in total. The largest absolute Gasteiger partial charge is 0.382 e. The molecular weight excluding hydrogens is 158 g/mol. The normalized spacial score (nSPS) is 14.4. The summed E-state index contributed by atoms with van der Waals surface area (Å²) >= 11 is 0. The maximum Gasteiger partial charge on any atom is 0.213 e. The van der Waals surface area contributed by atoms with E-state index in [-0.39, 0.29) is 12.0 Å². The summed E-state index contributed by atoms with van der Waals surface area (Å²) in [6, 6.07) is 0.0275. The van der Waals surface area contributed by atoms with E-state index in [0.717, 1.165) is 12.8 Å². The van der Waals surface area contributed by atoms with Crippen LogP contribution in [-0.4, -0.2) is 30.9 Å². The van der Waals surface area contributed by atoms with Gasteiger partial charge in [-0.2, -0.15) is 0 Å². The molecule has 12 heavy (non-hydrogen) atoms. The standard InChI is InChI=1S/C7H17N3O2/c1-3-4-6(5-12-2)9-7(8)10-11/h6,11H,3-5H2,1-2H3,(H3,8,9,10). The van der Waals surface area contributed by atoms with Crippen molar-refractivity contribution in [3.8, 4) is 0 Å². The van der Waals surface area contributed by atoms with Crippen molar-refractivity contribution in [1.82, 2.24) is 5.48 Å². The minimum atomic E-state index is 0.0275. The lowest BCUT2D eigenvalue weighted by Gasteiger charge is -2.10. The third-order valence-corrected chi connectivity index (χ3v) is 1.42. The number of nitrogens with two attached hydrogens (primary N) is 1. The summed E-state index contributed by atoms with van der Waals surface area (Å²) in [6.45, 7) is 2.58. The zero-order valence-electron chi connectivity index (χ0n) is 7.58. The van der Waals surface area contributed by atoms with Crippen LogP contribution in [0.15, 0.2) is 4.99 Å². The Kier molecular flexibility index (Phi) is 6.41. The van der Waals surface area contributed by atoms with Gasteiger partial charge in [0.25, 0.3) is 0 Å². The maximum atomic E-state index is 8.37. The van der Waals surface area contributed by atoms with Gasteiger partial charge in [-0.1, -0.05) is 13.3 Å². The van der Waals surface area contributed by atoms with Crippen molar-refractivity contribution in [2.75, 3.05) is 13.7 Å². The maximum absolute atomic E-state index is 8.37. The first-order chi connectivity index (χ1) is 5.74. The molecule has 0 amide bonds. The Morgan fingerprint density at radius 3 is 2.83 bits per heavy atom. The number of hydrogen-bond acceptors (Lipinski definition) is 3. The van der Waals surface area contributed by atoms with E-state index in [9.17, 15) is 0 Å². The number of ether oxygens (including phenoxy) is 1. The lowest BCUT2D eigenvalue weighted by Crippen LogP contribution is -2.31. The summed E-state index contributed by atoms with van der Waals surface area (Å²) in [5.74, 6) is 0.0329. The van der Waals surface area contributed by atoms with Crippen LogP contribution in [0.1, 0.15) is 19.8 Å². The van der Waals surface area contributed by atoms with Gasteiger partial charge in [-0.25, -0.2) is 10.5 Å². The lowest BCUT2D eigenvalue weighted by atomic mass is 10.2. The van der Waals surface area contributed by atoms with E-state index in [0.29, 0.717) is 6.61 Å². The first kappa shape index (κ1) is 11.2. The Morgan fingerprint density at radius 2 is 2.42 bits per heavy atom. The first-order valence-electron chi connectivity index (χ1n) is 3.96. The molecule has 0 aliphatic rings. The Balaban J connectivity index is 3.92. The van der Waals surface area contributed by atoms with Crippen molar-refractivity contribution in [1.29, 1.82) is 0 Å². The monoisotopic (exact) mass is 175 g/mol. The minimum absolute atomic E-state index is 0.0275. The molecule has 0 aromatic rings. The third kappa shape index (κ3) is 4.92. The van der Waals surface area contributed by atoms with Crippen LogP contribution in [0.3, 0.4) is 0 Å². The van der Waals surface area contributed by atoms with E-state index in [2.05, 4.69) is 11.9 Å². The molecule has 0 aliphatic heterocycles. The average molecular weight is 175 g/mol. The van der Waals surface area contributed by atoms with E-state index in [1.807, 2.05) is 0 Å². The Hall–Kier alpha value is -0.810. The van der Waals surface area contributed by atoms with E-state index < -0.39 is 0 Å². The van der Waals surface area contributed by atoms with E-state index in [4.69, 9.17) is 15.7 Å². The fourth-order valence-corrected chi connectivity index (χ4v) is 0.936. The number of rotatable bonds is 5. The number of guanidine groups is 1. The zero-order chi connectivity index (χ0) is 9.40. The van der Waals surface area contributed by atoms with Crippen LogP contribution in [0.4, 0.5) is 0 Å². The SMILES string of the molecule is CCCC(COC)N=C(N)NO. The molecular formula is C7H17N3O2. The quantitative estimate of drug-likeness (QED) is 0.314. The molecule has 0 saturated carbocycles. The van der Waals surface area contributed by atoms with Gasteiger partial charge in [-0.3, -0.25) is 5.21 Å². The Labute approximate surface area is 72.6 Å². The molecule has 1 unspecified atom stereocenters. The van der Waals surface area contributed by atoms with Crippen LogP contribution in [0.5, 0.6) is 0 Å².